The molecular weight excluding hydrogens is 869 g/mol. The minimum absolute atomic E-state index is 0.103. The summed E-state index contributed by atoms with van der Waals surface area (Å²) in [6.45, 7) is 17.0. The number of nitrogens with two attached hydrogens (primary N) is 1. The third kappa shape index (κ3) is 26.9. The number of unbranched alkanes of at least 4 members (excludes halogenated alkanes) is 8. The van der Waals surface area contributed by atoms with Crippen molar-refractivity contribution in [3.8, 4) is 0 Å². The summed E-state index contributed by atoms with van der Waals surface area (Å²) in [5.74, 6) is -3.94. The number of benzene rings is 1. The van der Waals surface area contributed by atoms with E-state index in [-0.39, 0.29) is 25.4 Å². The molecular formula is C53H90N4O11. The number of aliphatic hydroxyl groups excluding tert-OH is 2. The van der Waals surface area contributed by atoms with Crippen LogP contribution >= 0.6 is 0 Å². The average Bonchev–Trinajstić information content (AvgIpc) is 3.28. The van der Waals surface area contributed by atoms with Gasteiger partial charge in [0.1, 0.15) is 18.1 Å². The molecule has 0 saturated heterocycles. The van der Waals surface area contributed by atoms with Crippen LogP contribution in [0.4, 0.5) is 0 Å². The summed E-state index contributed by atoms with van der Waals surface area (Å²) in [5.41, 5.74) is 1.97. The molecule has 0 aromatic heterocycles. The van der Waals surface area contributed by atoms with E-state index in [0.29, 0.717) is 19.3 Å². The summed E-state index contributed by atoms with van der Waals surface area (Å²) in [6, 6.07) is 6.21. The van der Waals surface area contributed by atoms with Crippen molar-refractivity contribution < 1.29 is 53.9 Å². The monoisotopic (exact) mass is 959 g/mol. The van der Waals surface area contributed by atoms with E-state index < -0.39 is 88.1 Å². The van der Waals surface area contributed by atoms with E-state index in [1.807, 2.05) is 44.2 Å². The molecule has 0 heterocycles. The molecule has 15 heteroatoms. The van der Waals surface area contributed by atoms with Crippen LogP contribution in [0.5, 0.6) is 0 Å². The average molecular weight is 959 g/mol. The molecule has 2 unspecified atom stereocenters. The van der Waals surface area contributed by atoms with Crippen LogP contribution in [0.25, 0.3) is 0 Å². The number of Topliss-reactive ketones (excluding diaryl/α,β-unsaturated/α-hetero) is 1. The van der Waals surface area contributed by atoms with Crippen molar-refractivity contribution in [2.45, 2.75) is 195 Å². The Morgan fingerprint density at radius 3 is 1.53 bits per heavy atom. The first-order valence-corrected chi connectivity index (χ1v) is 24.6. The quantitative estimate of drug-likeness (QED) is 0.0220. The summed E-state index contributed by atoms with van der Waals surface area (Å²) in [7, 11) is 1.23. The standard InChI is InChI=1S/C34H55N3O6.C19H35NO5/c1-7-8-9-10-14-18-34(6,43)19-17-27(37-32(42)33(4,5)23-38)29(39)22-26(21-25-15-12-11-13-16-25)31(41)36-28(30(35)40)20-24(2)3;1-6-7-8-9-10-12-19(4,24)13-11-15(16(22)25-5)20-17(23)18(2,3)14-21/h11-13,15-17,19,24,26-28,38,43H,7-10,14,18,20-23H2,1-6H3,(H2,35,40)(H,36,41)(H,37,42);11,13,15,21,24H,6-10,12,14H2,1-5H3,(H,20,23)/b19-17+;13-11+/t26-,27+,28+,34?;15-,19?/m10/s1. The van der Waals surface area contributed by atoms with Gasteiger partial charge in [0, 0.05) is 12.3 Å². The van der Waals surface area contributed by atoms with Gasteiger partial charge in [-0.3, -0.25) is 24.0 Å². The van der Waals surface area contributed by atoms with Gasteiger partial charge in [-0.05, 0) is 78.7 Å². The lowest BCUT2D eigenvalue weighted by Crippen LogP contribution is -2.50. The van der Waals surface area contributed by atoms with Crippen molar-refractivity contribution >= 4 is 35.4 Å². The second-order valence-corrected chi connectivity index (χ2v) is 20.4. The molecule has 0 saturated carbocycles. The highest BCUT2D eigenvalue weighted by atomic mass is 16.5. The molecule has 6 atom stereocenters. The zero-order valence-corrected chi connectivity index (χ0v) is 43.3. The highest BCUT2D eigenvalue weighted by molar-refractivity contribution is 5.96. The van der Waals surface area contributed by atoms with Gasteiger partial charge in [0.25, 0.3) is 0 Å². The van der Waals surface area contributed by atoms with E-state index in [9.17, 15) is 49.2 Å². The highest BCUT2D eigenvalue weighted by Gasteiger charge is 2.34. The van der Waals surface area contributed by atoms with Crippen LogP contribution in [0, 0.1) is 22.7 Å². The number of hydrogen-bond donors (Lipinski definition) is 8. The minimum atomic E-state index is -1.20. The predicted molar refractivity (Wildman–Crippen MR) is 268 cm³/mol. The van der Waals surface area contributed by atoms with Crippen LogP contribution in [0.2, 0.25) is 0 Å². The van der Waals surface area contributed by atoms with E-state index in [4.69, 9.17) is 10.5 Å². The number of esters is 1. The number of hydrogen-bond acceptors (Lipinski definition) is 11. The lowest BCUT2D eigenvalue weighted by molar-refractivity contribution is -0.145. The number of carbonyl (C=O) groups is 6. The molecule has 1 rings (SSSR count). The number of nitrogens with one attached hydrogen (secondary N) is 3. The van der Waals surface area contributed by atoms with Gasteiger partial charge in [-0.2, -0.15) is 0 Å². The molecule has 0 spiro atoms. The lowest BCUT2D eigenvalue weighted by Gasteiger charge is -2.26. The summed E-state index contributed by atoms with van der Waals surface area (Å²) >= 11 is 0. The van der Waals surface area contributed by atoms with Crippen molar-refractivity contribution in [2.75, 3.05) is 20.3 Å². The molecule has 0 aliphatic carbocycles. The predicted octanol–water partition coefficient (Wildman–Crippen LogP) is 6.32. The largest absolute Gasteiger partial charge is 0.467 e. The van der Waals surface area contributed by atoms with Gasteiger partial charge in [0.15, 0.2) is 5.78 Å². The Kier molecular flexibility index (Phi) is 30.3. The molecule has 0 radical (unpaired) electrons. The van der Waals surface area contributed by atoms with Crippen LogP contribution < -0.4 is 21.7 Å². The van der Waals surface area contributed by atoms with Gasteiger partial charge >= 0.3 is 5.97 Å². The topological polar surface area (TPSA) is 255 Å². The highest BCUT2D eigenvalue weighted by Crippen LogP contribution is 2.22. The first-order chi connectivity index (χ1) is 31.7. The van der Waals surface area contributed by atoms with Crippen molar-refractivity contribution in [3.63, 3.8) is 0 Å². The summed E-state index contributed by atoms with van der Waals surface area (Å²) in [6.07, 6.45) is 18.0. The molecule has 4 amide bonds. The number of aliphatic hydroxyl groups is 4. The molecule has 0 aliphatic heterocycles. The maximum absolute atomic E-state index is 13.8. The number of ketones is 1. The van der Waals surface area contributed by atoms with Gasteiger partial charge < -0.3 is 46.8 Å². The molecule has 1 aromatic carbocycles. The zero-order chi connectivity index (χ0) is 52.1. The van der Waals surface area contributed by atoms with E-state index in [1.54, 1.807) is 41.5 Å². The van der Waals surface area contributed by atoms with Crippen LogP contribution in [-0.4, -0.2) is 105 Å². The number of methoxy groups -OCH3 is 1. The molecule has 388 valence electrons. The summed E-state index contributed by atoms with van der Waals surface area (Å²) in [5, 5.41) is 48.3. The van der Waals surface area contributed by atoms with Gasteiger partial charge in [0.05, 0.1) is 42.4 Å². The third-order valence-electron chi connectivity index (χ3n) is 11.8. The summed E-state index contributed by atoms with van der Waals surface area (Å²) < 4.78 is 4.70. The van der Waals surface area contributed by atoms with E-state index in [1.165, 1.54) is 44.3 Å². The summed E-state index contributed by atoms with van der Waals surface area (Å²) in [4.78, 5) is 76.3. The Balaban J connectivity index is 0.00000153. The molecule has 15 nitrogen and oxygen atoms in total. The fourth-order valence-electron chi connectivity index (χ4n) is 6.85. The molecule has 0 bridgehead atoms. The normalized spacial score (nSPS) is 15.5. The molecule has 68 heavy (non-hydrogen) atoms. The van der Waals surface area contributed by atoms with Crippen molar-refractivity contribution in [1.29, 1.82) is 0 Å². The number of rotatable bonds is 33. The van der Waals surface area contributed by atoms with Crippen molar-refractivity contribution in [3.05, 3.63) is 60.2 Å². The SMILES string of the molecule is CCCCCCCC(C)(O)/C=C/[C@H](NC(=O)C(C)(C)CO)C(=O)C[C@@H](Cc1ccccc1)C(=O)N[C@@H](CC(C)C)C(N)=O.CCCCCCCC(C)(O)/C=C/[C@H](NC(=O)C(C)(C)CO)C(=O)OC. The van der Waals surface area contributed by atoms with Crippen LogP contribution in [0.15, 0.2) is 54.6 Å². The molecule has 1 aromatic rings. The fourth-order valence-corrected chi connectivity index (χ4v) is 6.85. The Hall–Kier alpha value is -4.44. The lowest BCUT2D eigenvalue weighted by atomic mass is 9.88. The van der Waals surface area contributed by atoms with Crippen LogP contribution in [-0.2, 0) is 39.9 Å². The second kappa shape index (κ2) is 32.4. The molecule has 0 fully saturated rings. The smallest absolute Gasteiger partial charge is 0.332 e. The fraction of sp³-hybridized carbons (Fsp3) is 0.698. The van der Waals surface area contributed by atoms with E-state index in [0.717, 1.165) is 56.9 Å². The van der Waals surface area contributed by atoms with Crippen molar-refractivity contribution in [2.24, 2.45) is 28.4 Å². The van der Waals surface area contributed by atoms with Crippen molar-refractivity contribution in [1.82, 2.24) is 16.0 Å². The van der Waals surface area contributed by atoms with Crippen LogP contribution in [0.3, 0.4) is 0 Å². The Bertz CT molecular complexity index is 1720. The Labute approximate surface area is 407 Å². The number of primary amides is 1. The van der Waals surface area contributed by atoms with Gasteiger partial charge in [-0.1, -0.05) is 147 Å². The van der Waals surface area contributed by atoms with Gasteiger partial charge in [-0.15, -0.1) is 0 Å². The third-order valence-corrected chi connectivity index (χ3v) is 11.8. The number of ether oxygens (including phenoxy) is 1. The maximum atomic E-state index is 13.8. The van der Waals surface area contributed by atoms with Gasteiger partial charge in [0.2, 0.25) is 23.6 Å². The first-order valence-electron chi connectivity index (χ1n) is 24.6. The maximum Gasteiger partial charge on any atom is 0.332 e. The zero-order valence-electron chi connectivity index (χ0n) is 43.3. The second-order valence-electron chi connectivity index (χ2n) is 20.4. The molecule has 9 N–H and O–H groups in total. The first kappa shape index (κ1) is 63.6. The molecule has 0 aliphatic rings. The Morgan fingerprint density at radius 2 is 1.12 bits per heavy atom. The number of amides is 4. The Morgan fingerprint density at radius 1 is 0.676 bits per heavy atom. The van der Waals surface area contributed by atoms with E-state index >= 15 is 0 Å². The number of carbonyl (C=O) groups excluding carboxylic acids is 6. The van der Waals surface area contributed by atoms with Crippen LogP contribution in [0.1, 0.15) is 165 Å². The van der Waals surface area contributed by atoms with E-state index in [2.05, 4.69) is 29.8 Å². The minimum Gasteiger partial charge on any atom is -0.467 e. The van der Waals surface area contributed by atoms with Gasteiger partial charge in [-0.25, -0.2) is 4.79 Å².